The number of hydrogen-bond acceptors (Lipinski definition) is 2. The van der Waals surface area contributed by atoms with Gasteiger partial charge in [-0.1, -0.05) is 18.2 Å². The Kier molecular flexibility index (Phi) is 3.94. The molecule has 1 N–H and O–H groups in total. The van der Waals surface area contributed by atoms with E-state index >= 15 is 0 Å². The van der Waals surface area contributed by atoms with Crippen molar-refractivity contribution in [2.75, 3.05) is 0 Å². The van der Waals surface area contributed by atoms with Gasteiger partial charge in [0.05, 0.1) is 5.69 Å². The van der Waals surface area contributed by atoms with E-state index in [-0.39, 0.29) is 5.91 Å². The molecule has 0 bridgehead atoms. The van der Waals surface area contributed by atoms with E-state index in [2.05, 4.69) is 22.5 Å². The first kappa shape index (κ1) is 15.3. The van der Waals surface area contributed by atoms with Crippen molar-refractivity contribution in [1.29, 1.82) is 0 Å². The van der Waals surface area contributed by atoms with Crippen LogP contribution < -0.4 is 5.32 Å². The lowest BCUT2D eigenvalue weighted by molar-refractivity contribution is -0.121. The van der Waals surface area contributed by atoms with Gasteiger partial charge in [-0.05, 0) is 38.3 Å². The maximum atomic E-state index is 12.3. The first-order valence-electron chi connectivity index (χ1n) is 7.78. The molecular formula is C18H22N4O. The minimum atomic E-state index is 0.0112. The highest BCUT2D eigenvalue weighted by atomic mass is 16.1. The van der Waals surface area contributed by atoms with Crippen LogP contribution >= 0.6 is 0 Å². The molecule has 3 aromatic rings. The van der Waals surface area contributed by atoms with E-state index in [9.17, 15) is 4.79 Å². The second-order valence-electron chi connectivity index (χ2n) is 5.98. The molecule has 0 radical (unpaired) electrons. The van der Waals surface area contributed by atoms with E-state index in [1.165, 1.54) is 0 Å². The molecule has 2 aromatic heterocycles. The molecule has 1 amide bonds. The SMILES string of the molecule is Cc1nn(C)c(C)c1CNC(=O)Cn1c(C)cc2ccccc21. The molecule has 0 aliphatic carbocycles. The number of rotatable bonds is 4. The second-order valence-corrected chi connectivity index (χ2v) is 5.98. The number of nitrogens with zero attached hydrogens (tertiary/aromatic N) is 3. The topological polar surface area (TPSA) is 51.9 Å². The molecule has 0 fully saturated rings. The van der Waals surface area contributed by atoms with E-state index in [1.54, 1.807) is 0 Å². The van der Waals surface area contributed by atoms with Gasteiger partial charge in [0, 0.05) is 36.1 Å². The smallest absolute Gasteiger partial charge is 0.240 e. The second kappa shape index (κ2) is 5.91. The van der Waals surface area contributed by atoms with E-state index in [4.69, 9.17) is 0 Å². The number of aromatic nitrogens is 3. The molecule has 0 aliphatic heterocycles. The van der Waals surface area contributed by atoms with Crippen molar-refractivity contribution in [3.8, 4) is 0 Å². The summed E-state index contributed by atoms with van der Waals surface area (Å²) in [4.78, 5) is 12.3. The Morgan fingerprint density at radius 2 is 1.96 bits per heavy atom. The number of fused-ring (bicyclic) bond motifs is 1. The Morgan fingerprint density at radius 1 is 1.22 bits per heavy atom. The van der Waals surface area contributed by atoms with Crippen LogP contribution in [0.3, 0.4) is 0 Å². The quantitative estimate of drug-likeness (QED) is 0.805. The maximum Gasteiger partial charge on any atom is 0.240 e. The van der Waals surface area contributed by atoms with Gasteiger partial charge in [-0.3, -0.25) is 9.48 Å². The molecule has 0 spiro atoms. The largest absolute Gasteiger partial charge is 0.350 e. The van der Waals surface area contributed by atoms with E-state index < -0.39 is 0 Å². The third-order valence-electron chi connectivity index (χ3n) is 4.44. The van der Waals surface area contributed by atoms with Crippen molar-refractivity contribution in [2.45, 2.75) is 33.9 Å². The minimum absolute atomic E-state index is 0.0112. The molecule has 2 heterocycles. The van der Waals surface area contributed by atoms with Gasteiger partial charge in [0.25, 0.3) is 0 Å². The van der Waals surface area contributed by atoms with Crippen LogP contribution in [0.5, 0.6) is 0 Å². The number of para-hydroxylation sites is 1. The van der Waals surface area contributed by atoms with Crippen LogP contribution in [0.15, 0.2) is 30.3 Å². The lowest BCUT2D eigenvalue weighted by atomic mass is 10.2. The fourth-order valence-electron chi connectivity index (χ4n) is 3.02. The van der Waals surface area contributed by atoms with Gasteiger partial charge in [-0.15, -0.1) is 0 Å². The summed E-state index contributed by atoms with van der Waals surface area (Å²) in [5.74, 6) is 0.0112. The average molecular weight is 310 g/mol. The van der Waals surface area contributed by atoms with Crippen LogP contribution in [-0.2, 0) is 24.9 Å². The van der Waals surface area contributed by atoms with Crippen LogP contribution in [0.1, 0.15) is 22.6 Å². The summed E-state index contributed by atoms with van der Waals surface area (Å²) in [6.07, 6.45) is 0. The standard InChI is InChI=1S/C18H22N4O/c1-12-9-15-7-5-6-8-17(15)22(12)11-18(23)19-10-16-13(2)20-21(4)14(16)3/h5-9H,10-11H2,1-4H3,(H,19,23). The molecule has 0 saturated carbocycles. The Morgan fingerprint density at radius 3 is 2.65 bits per heavy atom. The predicted octanol–water partition coefficient (Wildman–Crippen LogP) is 2.62. The van der Waals surface area contributed by atoms with Crippen molar-refractivity contribution >= 4 is 16.8 Å². The van der Waals surface area contributed by atoms with Crippen molar-refractivity contribution in [3.63, 3.8) is 0 Å². The normalized spacial score (nSPS) is 11.1. The first-order valence-corrected chi connectivity index (χ1v) is 7.78. The number of aryl methyl sites for hydroxylation is 3. The summed E-state index contributed by atoms with van der Waals surface area (Å²) >= 11 is 0. The lowest BCUT2D eigenvalue weighted by Gasteiger charge is -2.10. The summed E-state index contributed by atoms with van der Waals surface area (Å²) in [7, 11) is 1.92. The summed E-state index contributed by atoms with van der Waals surface area (Å²) in [6.45, 7) is 6.87. The molecule has 3 rings (SSSR count). The number of nitrogens with one attached hydrogen (secondary N) is 1. The van der Waals surface area contributed by atoms with Gasteiger partial charge in [0.2, 0.25) is 5.91 Å². The van der Waals surface area contributed by atoms with Crippen LogP contribution in [0.2, 0.25) is 0 Å². The van der Waals surface area contributed by atoms with Gasteiger partial charge in [-0.2, -0.15) is 5.10 Å². The molecule has 23 heavy (non-hydrogen) atoms. The van der Waals surface area contributed by atoms with Gasteiger partial charge in [0.1, 0.15) is 6.54 Å². The van der Waals surface area contributed by atoms with Crippen molar-refractivity contribution in [1.82, 2.24) is 19.7 Å². The summed E-state index contributed by atoms with van der Waals surface area (Å²) in [5, 5.41) is 8.55. The van der Waals surface area contributed by atoms with Crippen LogP contribution in [0.25, 0.3) is 10.9 Å². The Labute approximate surface area is 135 Å². The molecule has 0 aliphatic rings. The molecule has 0 unspecified atom stereocenters. The predicted molar refractivity (Wildman–Crippen MR) is 91.2 cm³/mol. The molecule has 0 atom stereocenters. The first-order chi connectivity index (χ1) is 11.0. The lowest BCUT2D eigenvalue weighted by Crippen LogP contribution is -2.27. The summed E-state index contributed by atoms with van der Waals surface area (Å²) in [5.41, 5.74) is 5.33. The number of amides is 1. The van der Waals surface area contributed by atoms with Crippen molar-refractivity contribution < 1.29 is 4.79 Å². The van der Waals surface area contributed by atoms with Crippen LogP contribution in [-0.4, -0.2) is 20.3 Å². The Balaban J connectivity index is 1.73. The summed E-state index contributed by atoms with van der Waals surface area (Å²) < 4.78 is 3.90. The number of carbonyl (C=O) groups is 1. The maximum absolute atomic E-state index is 12.3. The van der Waals surface area contributed by atoms with Gasteiger partial charge < -0.3 is 9.88 Å². The highest BCUT2D eigenvalue weighted by Gasteiger charge is 2.12. The molecule has 120 valence electrons. The number of hydrogen-bond donors (Lipinski definition) is 1. The van der Waals surface area contributed by atoms with E-state index in [1.807, 2.05) is 55.3 Å². The molecular weight excluding hydrogens is 288 g/mol. The highest BCUT2D eigenvalue weighted by Crippen LogP contribution is 2.19. The average Bonchev–Trinajstić information content (AvgIpc) is 2.95. The third-order valence-corrected chi connectivity index (χ3v) is 4.44. The van der Waals surface area contributed by atoms with Gasteiger partial charge >= 0.3 is 0 Å². The molecule has 5 heteroatoms. The van der Waals surface area contributed by atoms with Crippen molar-refractivity contribution in [3.05, 3.63) is 53.0 Å². The minimum Gasteiger partial charge on any atom is -0.350 e. The van der Waals surface area contributed by atoms with Crippen molar-refractivity contribution in [2.24, 2.45) is 7.05 Å². The van der Waals surface area contributed by atoms with Gasteiger partial charge in [0.15, 0.2) is 0 Å². The monoisotopic (exact) mass is 310 g/mol. The number of carbonyl (C=O) groups excluding carboxylic acids is 1. The summed E-state index contributed by atoms with van der Waals surface area (Å²) in [6, 6.07) is 10.2. The third kappa shape index (κ3) is 2.86. The Hall–Kier alpha value is -2.56. The van der Waals surface area contributed by atoms with Crippen LogP contribution in [0, 0.1) is 20.8 Å². The molecule has 0 saturated heterocycles. The van der Waals surface area contributed by atoms with E-state index in [0.717, 1.165) is 33.5 Å². The zero-order valence-corrected chi connectivity index (χ0v) is 14.1. The highest BCUT2D eigenvalue weighted by molar-refractivity contribution is 5.84. The fraction of sp³-hybridized carbons (Fsp3) is 0.333. The van der Waals surface area contributed by atoms with Crippen LogP contribution in [0.4, 0.5) is 0 Å². The Bertz CT molecular complexity index is 873. The zero-order chi connectivity index (χ0) is 16.6. The fourth-order valence-corrected chi connectivity index (χ4v) is 3.02. The molecule has 1 aromatic carbocycles. The zero-order valence-electron chi connectivity index (χ0n) is 14.1. The molecule has 5 nitrogen and oxygen atoms in total. The van der Waals surface area contributed by atoms with E-state index in [0.29, 0.717) is 13.1 Å². The number of benzene rings is 1. The van der Waals surface area contributed by atoms with Gasteiger partial charge in [-0.25, -0.2) is 0 Å².